The number of hydrogen-bond donors (Lipinski definition) is 1. The number of hydrogen-bond acceptors (Lipinski definition) is 4. The molecule has 0 aromatic heterocycles. The second-order valence-corrected chi connectivity index (χ2v) is 8.34. The number of benzene rings is 3. The van der Waals surface area contributed by atoms with Crippen LogP contribution in [-0.4, -0.2) is 30.8 Å². The smallest absolute Gasteiger partial charge is 0.331 e. The Kier molecular flexibility index (Phi) is 7.53. The van der Waals surface area contributed by atoms with Crippen LogP contribution in [0.3, 0.4) is 0 Å². The summed E-state index contributed by atoms with van der Waals surface area (Å²) in [6, 6.07) is 22.3. The molecule has 0 amide bonds. The van der Waals surface area contributed by atoms with Gasteiger partial charge in [0, 0.05) is 29.9 Å². The summed E-state index contributed by atoms with van der Waals surface area (Å²) in [5.74, 6) is 0.811. The molecule has 0 bridgehead atoms. The van der Waals surface area contributed by atoms with Crippen molar-refractivity contribution in [3.05, 3.63) is 83.4 Å². The second kappa shape index (κ2) is 10.9. The minimum absolute atomic E-state index is 0.416. The van der Waals surface area contributed by atoms with Crippen molar-refractivity contribution in [1.82, 2.24) is 0 Å². The largest absolute Gasteiger partial charge is 0.494 e. The zero-order chi connectivity index (χ0) is 23.9. The molecule has 176 valence electrons. The van der Waals surface area contributed by atoms with Crippen LogP contribution >= 0.6 is 0 Å². The Balaban J connectivity index is 1.70. The lowest BCUT2D eigenvalue weighted by Gasteiger charge is -2.26. The molecule has 1 N–H and O–H groups in total. The van der Waals surface area contributed by atoms with Crippen LogP contribution < -0.4 is 14.4 Å². The molecule has 5 heteroatoms. The molecule has 3 aromatic carbocycles. The summed E-state index contributed by atoms with van der Waals surface area (Å²) in [6.45, 7) is 6.63. The highest BCUT2D eigenvalue weighted by atomic mass is 16.5. The fourth-order valence-electron chi connectivity index (χ4n) is 4.25. The summed E-state index contributed by atoms with van der Waals surface area (Å²) in [5.41, 5.74) is 5.46. The molecular formula is C29H31NO4. The van der Waals surface area contributed by atoms with Crippen molar-refractivity contribution in [2.45, 2.75) is 33.2 Å². The van der Waals surface area contributed by atoms with Gasteiger partial charge in [-0.3, -0.25) is 0 Å². The summed E-state index contributed by atoms with van der Waals surface area (Å²) in [4.78, 5) is 14.1. The van der Waals surface area contributed by atoms with Crippen LogP contribution in [0.5, 0.6) is 11.5 Å². The molecule has 0 aliphatic carbocycles. The van der Waals surface area contributed by atoms with Crippen molar-refractivity contribution >= 4 is 17.7 Å². The van der Waals surface area contributed by atoms with Crippen molar-refractivity contribution in [1.29, 1.82) is 0 Å². The number of ether oxygens (including phenoxy) is 2. The fraction of sp³-hybridized carbons (Fsp3) is 0.276. The summed E-state index contributed by atoms with van der Waals surface area (Å²) in [7, 11) is 0. The van der Waals surface area contributed by atoms with Gasteiger partial charge in [0.05, 0.1) is 13.2 Å². The van der Waals surface area contributed by atoms with E-state index >= 15 is 0 Å². The molecule has 5 nitrogen and oxygen atoms in total. The van der Waals surface area contributed by atoms with E-state index in [1.54, 1.807) is 0 Å². The number of carboxylic acid groups (broad SMARTS) is 1. The molecule has 0 atom stereocenters. The highest BCUT2D eigenvalue weighted by Gasteiger charge is 2.20. The first kappa shape index (κ1) is 23.4. The third-order valence-electron chi connectivity index (χ3n) is 5.87. The van der Waals surface area contributed by atoms with Gasteiger partial charge in [-0.2, -0.15) is 0 Å². The highest BCUT2D eigenvalue weighted by molar-refractivity contribution is 5.94. The lowest BCUT2D eigenvalue weighted by molar-refractivity contribution is -0.132. The number of aliphatic carboxylic acids is 1. The van der Waals surface area contributed by atoms with Gasteiger partial charge in [0.1, 0.15) is 11.5 Å². The number of rotatable bonds is 9. The molecule has 1 aliphatic rings. The van der Waals surface area contributed by atoms with E-state index in [1.165, 1.54) is 0 Å². The average molecular weight is 458 g/mol. The fourth-order valence-corrected chi connectivity index (χ4v) is 4.25. The Morgan fingerprint density at radius 3 is 2.65 bits per heavy atom. The molecule has 0 saturated carbocycles. The second-order valence-electron chi connectivity index (χ2n) is 8.34. The van der Waals surface area contributed by atoms with E-state index < -0.39 is 5.97 Å². The molecule has 0 saturated heterocycles. The quantitative estimate of drug-likeness (QED) is 0.402. The van der Waals surface area contributed by atoms with Crippen molar-refractivity contribution in [3.8, 4) is 22.6 Å². The van der Waals surface area contributed by atoms with Crippen LogP contribution in [0.25, 0.3) is 17.2 Å². The van der Waals surface area contributed by atoms with Crippen LogP contribution in [-0.2, 0) is 11.3 Å². The maximum absolute atomic E-state index is 11.9. The van der Waals surface area contributed by atoms with Crippen LogP contribution in [0.15, 0.2) is 72.3 Å². The van der Waals surface area contributed by atoms with E-state index in [-0.39, 0.29) is 0 Å². The molecular weight excluding hydrogens is 426 g/mol. The van der Waals surface area contributed by atoms with E-state index in [4.69, 9.17) is 9.47 Å². The molecule has 34 heavy (non-hydrogen) atoms. The van der Waals surface area contributed by atoms with Gasteiger partial charge in [-0.1, -0.05) is 43.3 Å². The maximum atomic E-state index is 11.9. The average Bonchev–Trinajstić information content (AvgIpc) is 3.03. The van der Waals surface area contributed by atoms with Gasteiger partial charge >= 0.3 is 5.97 Å². The minimum Gasteiger partial charge on any atom is -0.494 e. The van der Waals surface area contributed by atoms with E-state index in [2.05, 4.69) is 42.2 Å². The number of anilines is 1. The Morgan fingerprint density at radius 2 is 1.85 bits per heavy atom. The topological polar surface area (TPSA) is 59.0 Å². The highest BCUT2D eigenvalue weighted by Crippen LogP contribution is 2.36. The van der Waals surface area contributed by atoms with E-state index in [0.29, 0.717) is 38.3 Å². The number of para-hydroxylation sites is 1. The van der Waals surface area contributed by atoms with Gasteiger partial charge in [-0.15, -0.1) is 0 Å². The van der Waals surface area contributed by atoms with Crippen molar-refractivity contribution in [2.75, 3.05) is 24.7 Å². The van der Waals surface area contributed by atoms with Crippen molar-refractivity contribution in [2.24, 2.45) is 0 Å². The number of carbonyl (C=O) groups is 1. The lowest BCUT2D eigenvalue weighted by atomic mass is 9.99. The molecule has 4 rings (SSSR count). The molecule has 0 fully saturated rings. The van der Waals surface area contributed by atoms with E-state index in [1.807, 2.05) is 49.4 Å². The van der Waals surface area contributed by atoms with E-state index in [0.717, 1.165) is 45.9 Å². The van der Waals surface area contributed by atoms with Crippen LogP contribution in [0, 0.1) is 0 Å². The standard InChI is InChI=1S/C29H31NO4/c1-3-16-34-25-9-7-8-21(17-25)20-30-15-14-23(29(31)32)19-24-18-22(12-13-27(24)30)26-10-5-6-11-28(26)33-4-2/h5-13,17-19H,3-4,14-16,20H2,1-2H3,(H,31,32). The normalized spacial score (nSPS) is 13.0. The van der Waals surface area contributed by atoms with Crippen LogP contribution in [0.2, 0.25) is 0 Å². The Hall–Kier alpha value is -3.73. The number of carboxylic acids is 1. The number of nitrogens with zero attached hydrogens (tertiary/aromatic N) is 1. The Bertz CT molecular complexity index is 1180. The summed E-state index contributed by atoms with van der Waals surface area (Å²) < 4.78 is 11.6. The third kappa shape index (κ3) is 5.42. The van der Waals surface area contributed by atoms with Gasteiger partial charge in [0.2, 0.25) is 0 Å². The molecule has 0 unspecified atom stereocenters. The van der Waals surface area contributed by atoms with Crippen molar-refractivity contribution in [3.63, 3.8) is 0 Å². The maximum Gasteiger partial charge on any atom is 0.331 e. The lowest BCUT2D eigenvalue weighted by Crippen LogP contribution is -2.24. The number of fused-ring (bicyclic) bond motifs is 1. The first-order chi connectivity index (χ1) is 16.6. The Labute approximate surface area is 201 Å². The molecule has 0 radical (unpaired) electrons. The first-order valence-electron chi connectivity index (χ1n) is 11.9. The predicted molar refractivity (Wildman–Crippen MR) is 137 cm³/mol. The van der Waals surface area contributed by atoms with Gasteiger partial charge in [0.15, 0.2) is 0 Å². The molecule has 3 aromatic rings. The zero-order valence-corrected chi connectivity index (χ0v) is 19.8. The monoisotopic (exact) mass is 457 g/mol. The minimum atomic E-state index is -0.872. The van der Waals surface area contributed by atoms with Crippen molar-refractivity contribution < 1.29 is 19.4 Å². The van der Waals surface area contributed by atoms with Gasteiger partial charge in [-0.05, 0) is 72.9 Å². The van der Waals surface area contributed by atoms with Crippen LogP contribution in [0.4, 0.5) is 5.69 Å². The van der Waals surface area contributed by atoms with Gasteiger partial charge < -0.3 is 19.5 Å². The SMILES string of the molecule is CCCOc1cccc(CN2CCC(C(=O)O)=Cc3cc(-c4ccccc4OCC)ccc32)c1. The summed E-state index contributed by atoms with van der Waals surface area (Å²) >= 11 is 0. The Morgan fingerprint density at radius 1 is 1.00 bits per heavy atom. The first-order valence-corrected chi connectivity index (χ1v) is 11.9. The predicted octanol–water partition coefficient (Wildman–Crippen LogP) is 6.42. The van der Waals surface area contributed by atoms with Gasteiger partial charge in [-0.25, -0.2) is 4.79 Å². The molecule has 1 aliphatic heterocycles. The third-order valence-corrected chi connectivity index (χ3v) is 5.87. The van der Waals surface area contributed by atoms with Crippen LogP contribution in [0.1, 0.15) is 37.8 Å². The zero-order valence-electron chi connectivity index (χ0n) is 19.8. The molecule has 0 spiro atoms. The van der Waals surface area contributed by atoms with Gasteiger partial charge in [0.25, 0.3) is 0 Å². The summed E-state index contributed by atoms with van der Waals surface area (Å²) in [5, 5.41) is 9.76. The molecule has 1 heterocycles. The van der Waals surface area contributed by atoms with E-state index in [9.17, 15) is 9.90 Å². The summed E-state index contributed by atoms with van der Waals surface area (Å²) in [6.07, 6.45) is 3.24.